The number of hydrogen-bond acceptors (Lipinski definition) is 3. The normalized spacial score (nSPS) is 26.3. The third-order valence-corrected chi connectivity index (χ3v) is 1.44. The largest absolute Gasteiger partial charge is 0.355 e. The van der Waals surface area contributed by atoms with E-state index in [2.05, 4.69) is 4.99 Å². The molecule has 3 heteroatoms. The molecule has 1 N–H and O–H groups in total. The molecular weight excluding hydrogens is 116 g/mol. The number of aliphatic hydroxyl groups is 1. The second kappa shape index (κ2) is 2.19. The van der Waals surface area contributed by atoms with Crippen molar-refractivity contribution in [3.8, 4) is 0 Å². The van der Waals surface area contributed by atoms with Crippen LogP contribution in [-0.2, 0) is 0 Å². The zero-order valence-corrected chi connectivity index (χ0v) is 5.57. The SMILES string of the molecule is CC1=CC=NC(O)N1C. The van der Waals surface area contributed by atoms with Gasteiger partial charge in [0.15, 0.2) is 0 Å². The molecule has 0 fully saturated rings. The third kappa shape index (κ3) is 1.10. The van der Waals surface area contributed by atoms with E-state index in [9.17, 15) is 0 Å². The van der Waals surface area contributed by atoms with Crippen LogP contribution in [0.15, 0.2) is 16.8 Å². The van der Waals surface area contributed by atoms with Crippen molar-refractivity contribution in [1.82, 2.24) is 4.90 Å². The molecule has 0 amide bonds. The predicted molar refractivity (Wildman–Crippen MR) is 36.0 cm³/mol. The smallest absolute Gasteiger partial charge is 0.224 e. The molecule has 1 aliphatic heterocycles. The summed E-state index contributed by atoms with van der Waals surface area (Å²) in [6.07, 6.45) is 2.78. The molecule has 50 valence electrons. The Morgan fingerprint density at radius 3 is 2.89 bits per heavy atom. The molecule has 0 radical (unpaired) electrons. The lowest BCUT2D eigenvalue weighted by Gasteiger charge is -2.24. The second-order valence-electron chi connectivity index (χ2n) is 2.06. The topological polar surface area (TPSA) is 35.8 Å². The van der Waals surface area contributed by atoms with Gasteiger partial charge < -0.3 is 10.0 Å². The first-order chi connectivity index (χ1) is 4.22. The lowest BCUT2D eigenvalue weighted by molar-refractivity contribution is 0.0532. The Balaban J connectivity index is 2.73. The Morgan fingerprint density at radius 2 is 2.44 bits per heavy atom. The minimum absolute atomic E-state index is 0.685. The number of aliphatic imine (C=N–C) groups is 1. The lowest BCUT2D eigenvalue weighted by atomic mass is 10.4. The molecule has 0 bridgehead atoms. The third-order valence-electron chi connectivity index (χ3n) is 1.44. The van der Waals surface area contributed by atoms with Crippen molar-refractivity contribution >= 4 is 6.21 Å². The van der Waals surface area contributed by atoms with Gasteiger partial charge in [0.05, 0.1) is 0 Å². The first-order valence-electron chi connectivity index (χ1n) is 2.83. The molecule has 1 heterocycles. The van der Waals surface area contributed by atoms with E-state index < -0.39 is 6.35 Å². The van der Waals surface area contributed by atoms with Gasteiger partial charge in [-0.2, -0.15) is 0 Å². The van der Waals surface area contributed by atoms with Crippen LogP contribution in [0.5, 0.6) is 0 Å². The lowest BCUT2D eigenvalue weighted by Crippen LogP contribution is -2.30. The molecular formula is C6H10N2O. The number of nitrogens with zero attached hydrogens (tertiary/aromatic N) is 2. The van der Waals surface area contributed by atoms with Crippen LogP contribution in [0.4, 0.5) is 0 Å². The van der Waals surface area contributed by atoms with Crippen LogP contribution < -0.4 is 0 Å². The van der Waals surface area contributed by atoms with Crippen molar-refractivity contribution in [1.29, 1.82) is 0 Å². The molecule has 1 atom stereocenters. The fourth-order valence-corrected chi connectivity index (χ4v) is 0.628. The Morgan fingerprint density at radius 1 is 1.78 bits per heavy atom. The van der Waals surface area contributed by atoms with Gasteiger partial charge in [0.25, 0.3) is 0 Å². The van der Waals surface area contributed by atoms with E-state index in [0.29, 0.717) is 0 Å². The highest BCUT2D eigenvalue weighted by Crippen LogP contribution is 2.07. The van der Waals surface area contributed by atoms with E-state index in [4.69, 9.17) is 5.11 Å². The molecule has 0 saturated carbocycles. The molecule has 3 nitrogen and oxygen atoms in total. The summed E-state index contributed by atoms with van der Waals surface area (Å²) in [6, 6.07) is 0. The number of hydrogen-bond donors (Lipinski definition) is 1. The molecule has 0 aromatic heterocycles. The highest BCUT2D eigenvalue weighted by Gasteiger charge is 2.10. The van der Waals surface area contributed by atoms with Gasteiger partial charge >= 0.3 is 0 Å². The van der Waals surface area contributed by atoms with Crippen molar-refractivity contribution in [2.75, 3.05) is 7.05 Å². The standard InChI is InChI=1S/C6H10N2O/c1-5-3-4-7-6(9)8(5)2/h3-4,6,9H,1-2H3. The van der Waals surface area contributed by atoms with Crippen LogP contribution >= 0.6 is 0 Å². The van der Waals surface area contributed by atoms with Crippen LogP contribution in [0.1, 0.15) is 6.92 Å². The number of allylic oxidation sites excluding steroid dienone is 2. The number of rotatable bonds is 0. The maximum absolute atomic E-state index is 9.04. The van der Waals surface area contributed by atoms with Crippen LogP contribution in [0.3, 0.4) is 0 Å². The van der Waals surface area contributed by atoms with Gasteiger partial charge in [-0.3, -0.25) is 0 Å². The van der Waals surface area contributed by atoms with Gasteiger partial charge in [0, 0.05) is 19.0 Å². The quantitative estimate of drug-likeness (QED) is 0.502. The fourth-order valence-electron chi connectivity index (χ4n) is 0.628. The van der Waals surface area contributed by atoms with E-state index >= 15 is 0 Å². The second-order valence-corrected chi connectivity index (χ2v) is 2.06. The zero-order valence-electron chi connectivity index (χ0n) is 5.57. The highest BCUT2D eigenvalue weighted by atomic mass is 16.3. The van der Waals surface area contributed by atoms with Gasteiger partial charge in [0.2, 0.25) is 6.35 Å². The number of aliphatic hydroxyl groups excluding tert-OH is 1. The first-order valence-corrected chi connectivity index (χ1v) is 2.83. The molecule has 0 aromatic carbocycles. The van der Waals surface area contributed by atoms with E-state index in [1.54, 1.807) is 18.2 Å². The monoisotopic (exact) mass is 126 g/mol. The van der Waals surface area contributed by atoms with Gasteiger partial charge in [-0.15, -0.1) is 0 Å². The summed E-state index contributed by atoms with van der Waals surface area (Å²) in [4.78, 5) is 5.44. The molecule has 0 saturated heterocycles. The summed E-state index contributed by atoms with van der Waals surface area (Å²) in [5, 5.41) is 9.04. The summed E-state index contributed by atoms with van der Waals surface area (Å²) < 4.78 is 0. The van der Waals surface area contributed by atoms with Crippen molar-refractivity contribution in [2.24, 2.45) is 4.99 Å². The summed E-state index contributed by atoms with van der Waals surface area (Å²) in [5.74, 6) is 0. The minimum atomic E-state index is -0.685. The average molecular weight is 126 g/mol. The van der Waals surface area contributed by atoms with Crippen molar-refractivity contribution < 1.29 is 5.11 Å². The maximum atomic E-state index is 9.04. The van der Waals surface area contributed by atoms with E-state index in [1.165, 1.54) is 0 Å². The Labute approximate surface area is 54.3 Å². The van der Waals surface area contributed by atoms with Crippen molar-refractivity contribution in [2.45, 2.75) is 13.3 Å². The molecule has 1 aliphatic rings. The Hall–Kier alpha value is -0.830. The molecule has 1 rings (SSSR count). The van der Waals surface area contributed by atoms with Gasteiger partial charge in [-0.05, 0) is 13.0 Å². The summed E-state index contributed by atoms with van der Waals surface area (Å²) >= 11 is 0. The van der Waals surface area contributed by atoms with Crippen LogP contribution in [0, 0.1) is 0 Å². The minimum Gasteiger partial charge on any atom is -0.355 e. The predicted octanol–water partition coefficient (Wildman–Crippen LogP) is 0.182. The average Bonchev–Trinajstić information content (AvgIpc) is 1.83. The summed E-state index contributed by atoms with van der Waals surface area (Å²) in [6.45, 7) is 1.92. The van der Waals surface area contributed by atoms with E-state index in [0.717, 1.165) is 5.70 Å². The van der Waals surface area contributed by atoms with Crippen LogP contribution in [-0.4, -0.2) is 29.6 Å². The van der Waals surface area contributed by atoms with Crippen LogP contribution in [0.2, 0.25) is 0 Å². The first kappa shape index (κ1) is 6.29. The van der Waals surface area contributed by atoms with Crippen molar-refractivity contribution in [3.63, 3.8) is 0 Å². The highest BCUT2D eigenvalue weighted by molar-refractivity contribution is 5.72. The fraction of sp³-hybridized carbons (Fsp3) is 0.500. The Bertz CT molecular complexity index is 162. The molecule has 9 heavy (non-hydrogen) atoms. The maximum Gasteiger partial charge on any atom is 0.224 e. The summed E-state index contributed by atoms with van der Waals surface area (Å²) in [7, 11) is 1.80. The van der Waals surface area contributed by atoms with Crippen LogP contribution in [0.25, 0.3) is 0 Å². The molecule has 1 unspecified atom stereocenters. The van der Waals surface area contributed by atoms with E-state index in [1.807, 2.05) is 13.0 Å². The molecule has 0 aliphatic carbocycles. The molecule has 0 aromatic rings. The summed E-state index contributed by atoms with van der Waals surface area (Å²) in [5.41, 5.74) is 1.03. The van der Waals surface area contributed by atoms with Gasteiger partial charge in [-0.1, -0.05) is 0 Å². The zero-order chi connectivity index (χ0) is 6.85. The van der Waals surface area contributed by atoms with Gasteiger partial charge in [0.1, 0.15) is 0 Å². The van der Waals surface area contributed by atoms with Gasteiger partial charge in [-0.25, -0.2) is 4.99 Å². The van der Waals surface area contributed by atoms with E-state index in [-0.39, 0.29) is 0 Å². The molecule has 0 spiro atoms. The van der Waals surface area contributed by atoms with Crippen molar-refractivity contribution in [3.05, 3.63) is 11.8 Å². The Kier molecular flexibility index (Phi) is 1.53.